The summed E-state index contributed by atoms with van der Waals surface area (Å²) in [4.78, 5) is 14.2. The van der Waals surface area contributed by atoms with Gasteiger partial charge in [0.2, 0.25) is 11.1 Å². The summed E-state index contributed by atoms with van der Waals surface area (Å²) in [6.07, 6.45) is 1.26. The molecule has 3 rings (SSSR count). The van der Waals surface area contributed by atoms with E-state index in [0.717, 1.165) is 43.6 Å². The second-order valence-corrected chi connectivity index (χ2v) is 7.34. The van der Waals surface area contributed by atoms with Crippen molar-refractivity contribution < 1.29 is 18.0 Å². The number of likely N-dealkylation sites (tertiary alicyclic amines) is 1. The lowest BCUT2D eigenvalue weighted by atomic mass is 9.75. The van der Waals surface area contributed by atoms with E-state index < -0.39 is 12.0 Å². The second-order valence-electron chi connectivity index (χ2n) is 6.40. The summed E-state index contributed by atoms with van der Waals surface area (Å²) < 4.78 is 38.3. The van der Waals surface area contributed by atoms with Crippen molar-refractivity contribution in [3.63, 3.8) is 0 Å². The van der Waals surface area contributed by atoms with E-state index in [1.54, 1.807) is 0 Å². The summed E-state index contributed by atoms with van der Waals surface area (Å²) in [6.45, 7) is 1.48. The molecular weight excluding hydrogens is 343 g/mol. The van der Waals surface area contributed by atoms with Crippen LogP contribution in [0.25, 0.3) is 0 Å². The van der Waals surface area contributed by atoms with Gasteiger partial charge < -0.3 is 10.7 Å². The monoisotopic (exact) mass is 363 g/mol. The zero-order chi connectivity index (χ0) is 17.3. The molecule has 0 aromatic carbocycles. The zero-order valence-electron chi connectivity index (χ0n) is 13.1. The minimum Gasteiger partial charge on any atom is -0.342 e. The maximum absolute atomic E-state index is 12.6. The number of fused-ring (bicyclic) bond motifs is 1. The molecule has 1 aliphatic heterocycles. The number of rotatable bonds is 3. The molecule has 1 saturated heterocycles. The molecule has 1 aromatic rings. The average molecular weight is 363 g/mol. The van der Waals surface area contributed by atoms with Crippen LogP contribution in [0.3, 0.4) is 0 Å². The highest BCUT2D eigenvalue weighted by Gasteiger charge is 2.38. The van der Waals surface area contributed by atoms with Gasteiger partial charge in [0.25, 0.3) is 5.82 Å². The van der Waals surface area contributed by atoms with Gasteiger partial charge in [-0.15, -0.1) is 10.2 Å². The lowest BCUT2D eigenvalue weighted by Gasteiger charge is -2.41. The third kappa shape index (κ3) is 3.62. The maximum Gasteiger partial charge on any atom is 0.453 e. The van der Waals surface area contributed by atoms with Crippen molar-refractivity contribution in [2.75, 3.05) is 24.7 Å². The zero-order valence-corrected chi connectivity index (χ0v) is 13.9. The number of aromatic nitrogens is 3. The van der Waals surface area contributed by atoms with E-state index in [1.807, 2.05) is 4.90 Å². The topological polar surface area (TPSA) is 77.0 Å². The van der Waals surface area contributed by atoms with Crippen LogP contribution in [-0.4, -0.2) is 44.5 Å². The molecule has 2 atom stereocenters. The summed E-state index contributed by atoms with van der Waals surface area (Å²) >= 11 is 0.888. The molecule has 0 radical (unpaired) electrons. The van der Waals surface area contributed by atoms with E-state index in [9.17, 15) is 18.0 Å². The Labute approximate surface area is 141 Å². The Kier molecular flexibility index (Phi) is 4.93. The van der Waals surface area contributed by atoms with Crippen molar-refractivity contribution in [3.8, 4) is 0 Å². The molecule has 10 heteroatoms. The number of halogens is 3. The highest BCUT2D eigenvalue weighted by Crippen LogP contribution is 2.36. The quantitative estimate of drug-likeness (QED) is 0.658. The highest BCUT2D eigenvalue weighted by molar-refractivity contribution is 7.99. The van der Waals surface area contributed by atoms with Crippen LogP contribution in [0.1, 0.15) is 37.9 Å². The van der Waals surface area contributed by atoms with Gasteiger partial charge in [-0.2, -0.15) is 13.2 Å². The van der Waals surface area contributed by atoms with E-state index >= 15 is 0 Å². The van der Waals surface area contributed by atoms with E-state index in [0.29, 0.717) is 10.6 Å². The lowest BCUT2D eigenvalue weighted by Crippen LogP contribution is -2.45. The molecule has 1 aromatic heterocycles. The first-order valence-electron chi connectivity index (χ1n) is 8.04. The molecule has 2 aliphatic rings. The minimum absolute atomic E-state index is 0.0184. The summed E-state index contributed by atoms with van der Waals surface area (Å²) in [6, 6.07) is 0. The number of carbonyl (C=O) groups is 1. The Hall–Kier alpha value is -1.45. The van der Waals surface area contributed by atoms with E-state index in [4.69, 9.17) is 5.84 Å². The standard InChI is InChI=1S/C14H20F3N5OS/c15-14(16,17)12-19-20-13(22(12)18)24-8-11(23)21-6-5-9-3-1-2-4-10(9)7-21/h9-10H,1-8,18H2/t9-,10-/m1/s1. The summed E-state index contributed by atoms with van der Waals surface area (Å²) in [5, 5.41) is 6.37. The van der Waals surface area contributed by atoms with Crippen LogP contribution in [-0.2, 0) is 11.0 Å². The molecule has 0 bridgehead atoms. The summed E-state index contributed by atoms with van der Waals surface area (Å²) in [5.74, 6) is 5.33. The van der Waals surface area contributed by atoms with Crippen LogP contribution >= 0.6 is 11.8 Å². The van der Waals surface area contributed by atoms with E-state index in [2.05, 4.69) is 10.2 Å². The van der Waals surface area contributed by atoms with Crippen LogP contribution < -0.4 is 5.84 Å². The first kappa shape index (κ1) is 17.4. The smallest absolute Gasteiger partial charge is 0.342 e. The molecule has 0 unspecified atom stereocenters. The molecule has 134 valence electrons. The third-order valence-corrected chi connectivity index (χ3v) is 5.81. The van der Waals surface area contributed by atoms with E-state index in [-0.39, 0.29) is 16.8 Å². The molecule has 1 saturated carbocycles. The number of carbonyl (C=O) groups excluding carboxylic acids is 1. The number of amides is 1. The van der Waals surface area contributed by atoms with Crippen molar-refractivity contribution in [2.24, 2.45) is 11.8 Å². The van der Waals surface area contributed by atoms with Crippen molar-refractivity contribution in [3.05, 3.63) is 5.82 Å². The number of hydrogen-bond donors (Lipinski definition) is 1. The predicted octanol–water partition coefficient (Wildman–Crippen LogP) is 2.14. The summed E-state index contributed by atoms with van der Waals surface area (Å²) in [5.41, 5.74) is 0. The number of nitrogen functional groups attached to an aromatic ring is 1. The lowest BCUT2D eigenvalue weighted by molar-refractivity contribution is -0.146. The van der Waals surface area contributed by atoms with Gasteiger partial charge in [-0.25, -0.2) is 4.68 Å². The fourth-order valence-corrected chi connectivity index (χ4v) is 4.37. The van der Waals surface area contributed by atoms with Crippen LogP contribution in [0.15, 0.2) is 5.16 Å². The minimum atomic E-state index is -4.66. The fourth-order valence-electron chi connectivity index (χ4n) is 3.61. The molecule has 6 nitrogen and oxygen atoms in total. The Morgan fingerprint density at radius 2 is 1.92 bits per heavy atom. The number of hydrogen-bond acceptors (Lipinski definition) is 5. The third-order valence-electron chi connectivity index (χ3n) is 4.89. The Morgan fingerprint density at radius 1 is 1.21 bits per heavy atom. The average Bonchev–Trinajstić information content (AvgIpc) is 2.93. The Morgan fingerprint density at radius 3 is 2.58 bits per heavy atom. The fraction of sp³-hybridized carbons (Fsp3) is 0.786. The number of thioether (sulfide) groups is 1. The molecule has 2 N–H and O–H groups in total. The van der Waals surface area contributed by atoms with Gasteiger partial charge in [-0.1, -0.05) is 31.0 Å². The van der Waals surface area contributed by atoms with Gasteiger partial charge in [0.15, 0.2) is 0 Å². The summed E-state index contributed by atoms with van der Waals surface area (Å²) in [7, 11) is 0. The second kappa shape index (κ2) is 6.81. The molecule has 1 amide bonds. The maximum atomic E-state index is 12.6. The number of nitrogens with zero attached hydrogens (tertiary/aromatic N) is 4. The number of nitrogens with two attached hydrogens (primary N) is 1. The van der Waals surface area contributed by atoms with Gasteiger partial charge >= 0.3 is 6.18 Å². The van der Waals surface area contributed by atoms with Gasteiger partial charge in [0, 0.05) is 13.1 Å². The van der Waals surface area contributed by atoms with Crippen molar-refractivity contribution in [1.29, 1.82) is 0 Å². The number of piperidine rings is 1. The molecular formula is C14H20F3N5OS. The normalized spacial score (nSPS) is 24.7. The predicted molar refractivity (Wildman–Crippen MR) is 82.5 cm³/mol. The first-order chi connectivity index (χ1) is 11.4. The first-order valence-corrected chi connectivity index (χ1v) is 9.03. The molecule has 24 heavy (non-hydrogen) atoms. The van der Waals surface area contributed by atoms with Crippen LogP contribution in [0.4, 0.5) is 13.2 Å². The van der Waals surface area contributed by atoms with E-state index in [1.165, 1.54) is 19.3 Å². The largest absolute Gasteiger partial charge is 0.453 e. The van der Waals surface area contributed by atoms with Crippen molar-refractivity contribution in [2.45, 2.75) is 43.4 Å². The van der Waals surface area contributed by atoms with Crippen molar-refractivity contribution >= 4 is 17.7 Å². The Balaban J connectivity index is 1.55. The van der Waals surface area contributed by atoms with Gasteiger partial charge in [-0.3, -0.25) is 4.79 Å². The van der Waals surface area contributed by atoms with Crippen LogP contribution in [0.5, 0.6) is 0 Å². The molecule has 0 spiro atoms. The van der Waals surface area contributed by atoms with Crippen molar-refractivity contribution in [1.82, 2.24) is 19.8 Å². The number of alkyl halides is 3. The van der Waals surface area contributed by atoms with Gasteiger partial charge in [0.1, 0.15) is 0 Å². The molecule has 2 fully saturated rings. The Bertz CT molecular complexity index is 606. The molecule has 1 aliphatic carbocycles. The van der Waals surface area contributed by atoms with Crippen LogP contribution in [0.2, 0.25) is 0 Å². The SMILES string of the molecule is Nn1c(SCC(=O)N2CC[C@H]3CCCC[C@@H]3C2)nnc1C(F)(F)F. The van der Waals surface area contributed by atoms with Crippen LogP contribution in [0, 0.1) is 11.8 Å². The van der Waals surface area contributed by atoms with Gasteiger partial charge in [-0.05, 0) is 24.7 Å². The molecule has 2 heterocycles. The van der Waals surface area contributed by atoms with Gasteiger partial charge in [0.05, 0.1) is 5.75 Å². The highest BCUT2D eigenvalue weighted by atomic mass is 32.2.